The summed E-state index contributed by atoms with van der Waals surface area (Å²) >= 11 is 7.95. The Kier molecular flexibility index (Phi) is 7.05. The lowest BCUT2D eigenvalue weighted by atomic mass is 9.99. The maximum Gasteiger partial charge on any atom is 0.327 e. The Morgan fingerprint density at radius 2 is 1.97 bits per heavy atom. The molecule has 164 valence electrons. The highest BCUT2D eigenvalue weighted by Crippen LogP contribution is 2.32. The van der Waals surface area contributed by atoms with Gasteiger partial charge in [-0.05, 0) is 36.6 Å². The summed E-state index contributed by atoms with van der Waals surface area (Å²) in [5, 5.41) is 15.9. The van der Waals surface area contributed by atoms with Gasteiger partial charge in [-0.3, -0.25) is 4.90 Å². The molecule has 6 nitrogen and oxygen atoms in total. The quantitative estimate of drug-likeness (QED) is 0.507. The second-order valence-electron chi connectivity index (χ2n) is 7.63. The van der Waals surface area contributed by atoms with E-state index in [9.17, 15) is 4.79 Å². The Balaban J connectivity index is 1.39. The summed E-state index contributed by atoms with van der Waals surface area (Å²) in [6.07, 6.45) is 1.76. The van der Waals surface area contributed by atoms with Crippen molar-refractivity contribution in [3.8, 4) is 17.3 Å². The Hall–Kier alpha value is -2.92. The van der Waals surface area contributed by atoms with Crippen molar-refractivity contribution in [2.75, 3.05) is 25.5 Å². The van der Waals surface area contributed by atoms with E-state index in [0.29, 0.717) is 10.6 Å². The molecular weight excluding hydrogens is 444 g/mol. The van der Waals surface area contributed by atoms with Crippen LogP contribution in [0.15, 0.2) is 53.9 Å². The third-order valence-electron chi connectivity index (χ3n) is 5.66. The minimum absolute atomic E-state index is 0.274. The molecule has 32 heavy (non-hydrogen) atoms. The van der Waals surface area contributed by atoms with Crippen molar-refractivity contribution in [2.45, 2.75) is 24.9 Å². The highest BCUT2D eigenvalue weighted by Gasteiger charge is 2.33. The predicted octanol–water partition coefficient (Wildman–Crippen LogP) is 5.13. The highest BCUT2D eigenvalue weighted by atomic mass is 35.5. The van der Waals surface area contributed by atoms with Crippen molar-refractivity contribution in [3.05, 3.63) is 70.1 Å². The Morgan fingerprint density at radius 1 is 1.25 bits per heavy atom. The van der Waals surface area contributed by atoms with Crippen LogP contribution in [0.5, 0.6) is 0 Å². The summed E-state index contributed by atoms with van der Waals surface area (Å²) < 4.78 is 5.08. The summed E-state index contributed by atoms with van der Waals surface area (Å²) in [5.41, 5.74) is 3.29. The summed E-state index contributed by atoms with van der Waals surface area (Å²) in [4.78, 5) is 19.4. The fourth-order valence-corrected chi connectivity index (χ4v) is 4.98. The van der Waals surface area contributed by atoms with Gasteiger partial charge in [0.15, 0.2) is 5.13 Å². The molecular formula is C24H23ClN4O2S. The van der Waals surface area contributed by atoms with Gasteiger partial charge in [-0.15, -0.1) is 11.3 Å². The number of aromatic nitrogens is 1. The van der Waals surface area contributed by atoms with Crippen LogP contribution in [0.4, 0.5) is 5.13 Å². The molecule has 1 aliphatic heterocycles. The monoisotopic (exact) mass is 466 g/mol. The topological polar surface area (TPSA) is 78.2 Å². The Morgan fingerprint density at radius 3 is 2.62 bits per heavy atom. The lowest BCUT2D eigenvalue weighted by Gasteiger charge is -2.36. The third-order valence-corrected chi connectivity index (χ3v) is 6.78. The number of hydrogen-bond acceptors (Lipinski definition) is 7. The number of thiazole rings is 1. The standard InChI is InChI=1S/C24H23ClN4O2S/c1-31-23(30)22(19-4-2-3-5-20(19)25)29-12-10-18(11-13-29)27-24-28-21(15-32-24)17-8-6-16(14-26)7-9-17/h2-9,15,18,22H,10-13H2,1H3,(H,27,28). The number of benzene rings is 2. The van der Waals surface area contributed by atoms with Crippen LogP contribution in [0, 0.1) is 11.3 Å². The zero-order valence-electron chi connectivity index (χ0n) is 17.6. The molecule has 0 bridgehead atoms. The first-order chi connectivity index (χ1) is 15.6. The van der Waals surface area contributed by atoms with E-state index in [4.69, 9.17) is 26.6 Å². The normalized spacial score (nSPS) is 15.7. The van der Waals surface area contributed by atoms with Gasteiger partial charge in [0.25, 0.3) is 0 Å². The number of rotatable bonds is 6. The van der Waals surface area contributed by atoms with E-state index in [1.165, 1.54) is 7.11 Å². The van der Waals surface area contributed by atoms with E-state index in [-0.39, 0.29) is 12.0 Å². The van der Waals surface area contributed by atoms with Crippen LogP contribution in [0.3, 0.4) is 0 Å². The maximum atomic E-state index is 12.5. The number of likely N-dealkylation sites (tertiary alicyclic amines) is 1. The number of carbonyl (C=O) groups is 1. The van der Waals surface area contributed by atoms with Gasteiger partial charge in [0.2, 0.25) is 0 Å². The van der Waals surface area contributed by atoms with Gasteiger partial charge in [-0.1, -0.05) is 41.9 Å². The molecule has 1 atom stereocenters. The average Bonchev–Trinajstić information content (AvgIpc) is 3.30. The molecule has 1 unspecified atom stereocenters. The fraction of sp³-hybridized carbons (Fsp3) is 0.292. The lowest BCUT2D eigenvalue weighted by Crippen LogP contribution is -2.43. The number of nitrogens with one attached hydrogen (secondary N) is 1. The molecule has 1 saturated heterocycles. The number of anilines is 1. The molecule has 0 aliphatic carbocycles. The van der Waals surface area contributed by atoms with Crippen LogP contribution in [0.1, 0.15) is 30.0 Å². The number of methoxy groups -OCH3 is 1. The smallest absolute Gasteiger partial charge is 0.327 e. The van der Waals surface area contributed by atoms with Crippen molar-refractivity contribution in [1.29, 1.82) is 5.26 Å². The first-order valence-electron chi connectivity index (χ1n) is 10.4. The van der Waals surface area contributed by atoms with Gasteiger partial charge in [-0.25, -0.2) is 9.78 Å². The van der Waals surface area contributed by atoms with Gasteiger partial charge in [-0.2, -0.15) is 5.26 Å². The fourth-order valence-electron chi connectivity index (χ4n) is 3.95. The lowest BCUT2D eigenvalue weighted by molar-refractivity contribution is -0.147. The van der Waals surface area contributed by atoms with Crippen LogP contribution < -0.4 is 5.32 Å². The Labute approximate surface area is 196 Å². The zero-order chi connectivity index (χ0) is 22.5. The van der Waals surface area contributed by atoms with Crippen LogP contribution in [0.2, 0.25) is 5.02 Å². The number of nitriles is 1. The molecule has 1 N–H and O–H groups in total. The number of carbonyl (C=O) groups excluding carboxylic acids is 1. The second kappa shape index (κ2) is 10.1. The molecule has 1 fully saturated rings. The van der Waals surface area contributed by atoms with Crippen molar-refractivity contribution >= 4 is 34.0 Å². The SMILES string of the molecule is COC(=O)C(c1ccccc1Cl)N1CCC(Nc2nc(-c3ccc(C#N)cc3)cs2)CC1. The molecule has 4 rings (SSSR count). The molecule has 2 aromatic carbocycles. The van der Waals surface area contributed by atoms with Gasteiger partial charge in [0, 0.05) is 35.1 Å². The second-order valence-corrected chi connectivity index (χ2v) is 8.89. The number of piperidine rings is 1. The molecule has 1 aromatic heterocycles. The number of ether oxygens (including phenoxy) is 1. The molecule has 0 saturated carbocycles. The van der Waals surface area contributed by atoms with E-state index in [0.717, 1.165) is 47.9 Å². The van der Waals surface area contributed by atoms with E-state index >= 15 is 0 Å². The molecule has 3 aromatic rings. The predicted molar refractivity (Wildman–Crippen MR) is 127 cm³/mol. The van der Waals surface area contributed by atoms with Crippen LogP contribution in [-0.4, -0.2) is 42.1 Å². The van der Waals surface area contributed by atoms with Crippen molar-refractivity contribution in [3.63, 3.8) is 0 Å². The Bertz CT molecular complexity index is 1120. The van der Waals surface area contributed by atoms with Gasteiger partial charge >= 0.3 is 5.97 Å². The minimum atomic E-state index is -0.502. The van der Waals surface area contributed by atoms with Gasteiger partial charge in [0.1, 0.15) is 6.04 Å². The molecule has 0 radical (unpaired) electrons. The van der Waals surface area contributed by atoms with Crippen LogP contribution >= 0.6 is 22.9 Å². The van der Waals surface area contributed by atoms with Crippen molar-refractivity contribution < 1.29 is 9.53 Å². The number of esters is 1. The average molecular weight is 467 g/mol. The van der Waals surface area contributed by atoms with Crippen molar-refractivity contribution in [2.24, 2.45) is 0 Å². The van der Waals surface area contributed by atoms with E-state index in [1.807, 2.05) is 35.7 Å². The molecule has 0 spiro atoms. The molecule has 0 amide bonds. The van der Waals surface area contributed by atoms with Crippen molar-refractivity contribution in [1.82, 2.24) is 9.88 Å². The largest absolute Gasteiger partial charge is 0.468 e. The summed E-state index contributed by atoms with van der Waals surface area (Å²) in [6.45, 7) is 1.49. The molecule has 1 aliphatic rings. The summed E-state index contributed by atoms with van der Waals surface area (Å²) in [7, 11) is 1.41. The minimum Gasteiger partial charge on any atom is -0.468 e. The van der Waals surface area contributed by atoms with Gasteiger partial charge < -0.3 is 10.1 Å². The third kappa shape index (κ3) is 4.94. The van der Waals surface area contributed by atoms with E-state index in [2.05, 4.69) is 16.3 Å². The van der Waals surface area contributed by atoms with Crippen LogP contribution in [0.25, 0.3) is 11.3 Å². The molecule has 8 heteroatoms. The number of nitrogens with zero attached hydrogens (tertiary/aromatic N) is 3. The maximum absolute atomic E-state index is 12.5. The van der Waals surface area contributed by atoms with Crippen LogP contribution in [-0.2, 0) is 9.53 Å². The highest BCUT2D eigenvalue weighted by molar-refractivity contribution is 7.14. The summed E-state index contributed by atoms with van der Waals surface area (Å²) in [5.74, 6) is -0.295. The zero-order valence-corrected chi connectivity index (χ0v) is 19.2. The van der Waals surface area contributed by atoms with E-state index in [1.54, 1.807) is 29.5 Å². The number of halogens is 1. The first kappa shape index (κ1) is 22.3. The van der Waals surface area contributed by atoms with Gasteiger partial charge in [0.05, 0.1) is 24.4 Å². The molecule has 2 heterocycles. The van der Waals surface area contributed by atoms with E-state index < -0.39 is 6.04 Å². The first-order valence-corrected chi connectivity index (χ1v) is 11.6. The summed E-state index contributed by atoms with van der Waals surface area (Å²) in [6, 6.07) is 16.8. The number of hydrogen-bond donors (Lipinski definition) is 1.